The van der Waals surface area contributed by atoms with Crippen LogP contribution in [-0.2, 0) is 0 Å². The third-order valence-electron chi connectivity index (χ3n) is 3.39. The molecule has 0 bridgehead atoms. The first-order valence-electron chi connectivity index (χ1n) is 6.44. The van der Waals surface area contributed by atoms with Crippen LogP contribution in [0, 0.1) is 17.2 Å². The number of piperidine rings is 1. The highest BCUT2D eigenvalue weighted by Crippen LogP contribution is 2.24. The minimum atomic E-state index is 0.694. The fourth-order valence-electron chi connectivity index (χ4n) is 2.37. The maximum Gasteiger partial charge on any atom is 0.103 e. The van der Waals surface area contributed by atoms with E-state index in [4.69, 9.17) is 5.26 Å². The van der Waals surface area contributed by atoms with Crippen LogP contribution in [0.5, 0.6) is 0 Å². The molecule has 96 valence electrons. The number of hydrogen-bond acceptors (Lipinski definition) is 3. The highest BCUT2D eigenvalue weighted by atomic mass is 79.9. The van der Waals surface area contributed by atoms with E-state index in [1.54, 1.807) is 0 Å². The first kappa shape index (κ1) is 13.4. The largest absolute Gasteiger partial charge is 0.384 e. The number of benzene rings is 1. The van der Waals surface area contributed by atoms with Crippen molar-refractivity contribution in [2.45, 2.75) is 19.3 Å². The summed E-state index contributed by atoms with van der Waals surface area (Å²) in [7, 11) is 0. The normalized spacial score (nSPS) is 19.2. The van der Waals surface area contributed by atoms with Crippen molar-refractivity contribution in [1.82, 2.24) is 5.32 Å². The van der Waals surface area contributed by atoms with E-state index in [1.165, 1.54) is 12.8 Å². The van der Waals surface area contributed by atoms with Gasteiger partial charge in [0.25, 0.3) is 0 Å². The smallest absolute Gasteiger partial charge is 0.103 e. The summed E-state index contributed by atoms with van der Waals surface area (Å²) in [5, 5.41) is 15.9. The quantitative estimate of drug-likeness (QED) is 0.898. The lowest BCUT2D eigenvalue weighted by Gasteiger charge is -2.23. The van der Waals surface area contributed by atoms with Crippen molar-refractivity contribution in [3.63, 3.8) is 0 Å². The molecule has 1 aromatic rings. The topological polar surface area (TPSA) is 47.9 Å². The summed E-state index contributed by atoms with van der Waals surface area (Å²) in [6.45, 7) is 3.22. The average molecular weight is 308 g/mol. The van der Waals surface area contributed by atoms with Crippen molar-refractivity contribution in [3.8, 4) is 6.07 Å². The predicted molar refractivity (Wildman–Crippen MR) is 77.6 cm³/mol. The third kappa shape index (κ3) is 3.47. The Balaban J connectivity index is 1.86. The fourth-order valence-corrected chi connectivity index (χ4v) is 2.82. The Kier molecular flexibility index (Phi) is 5.03. The van der Waals surface area contributed by atoms with Crippen molar-refractivity contribution in [2.75, 3.05) is 25.0 Å². The molecule has 0 aliphatic carbocycles. The minimum Gasteiger partial charge on any atom is -0.384 e. The monoisotopic (exact) mass is 307 g/mol. The zero-order chi connectivity index (χ0) is 12.8. The lowest BCUT2D eigenvalue weighted by atomic mass is 9.96. The van der Waals surface area contributed by atoms with Crippen molar-refractivity contribution >= 4 is 21.6 Å². The zero-order valence-corrected chi connectivity index (χ0v) is 12.0. The number of nitriles is 1. The van der Waals surface area contributed by atoms with Gasteiger partial charge in [0.2, 0.25) is 0 Å². The van der Waals surface area contributed by atoms with Gasteiger partial charge in [-0.1, -0.05) is 6.07 Å². The first-order chi connectivity index (χ1) is 8.81. The Morgan fingerprint density at radius 2 is 2.39 bits per heavy atom. The van der Waals surface area contributed by atoms with Gasteiger partial charge in [-0.05, 0) is 66.3 Å². The number of hydrogen-bond donors (Lipinski definition) is 2. The van der Waals surface area contributed by atoms with E-state index in [2.05, 4.69) is 32.6 Å². The molecule has 1 aromatic carbocycles. The molecule has 4 heteroatoms. The molecular formula is C14H18BrN3. The van der Waals surface area contributed by atoms with Gasteiger partial charge in [0, 0.05) is 11.0 Å². The van der Waals surface area contributed by atoms with Gasteiger partial charge in [-0.3, -0.25) is 0 Å². The van der Waals surface area contributed by atoms with E-state index >= 15 is 0 Å². The summed E-state index contributed by atoms with van der Waals surface area (Å²) >= 11 is 3.40. The average Bonchev–Trinajstić information content (AvgIpc) is 2.40. The molecule has 3 nitrogen and oxygen atoms in total. The number of nitrogens with zero attached hydrogens (tertiary/aromatic N) is 1. The summed E-state index contributed by atoms with van der Waals surface area (Å²) in [5.74, 6) is 0.768. The summed E-state index contributed by atoms with van der Waals surface area (Å²) in [4.78, 5) is 0. The molecule has 0 aromatic heterocycles. The molecule has 2 rings (SSSR count). The highest BCUT2D eigenvalue weighted by Gasteiger charge is 2.12. The van der Waals surface area contributed by atoms with Crippen LogP contribution in [0.25, 0.3) is 0 Å². The molecule has 18 heavy (non-hydrogen) atoms. The molecule has 0 radical (unpaired) electrons. The molecule has 2 N–H and O–H groups in total. The van der Waals surface area contributed by atoms with Crippen LogP contribution in [-0.4, -0.2) is 19.6 Å². The van der Waals surface area contributed by atoms with Gasteiger partial charge in [0.05, 0.1) is 11.3 Å². The minimum absolute atomic E-state index is 0.694. The lowest BCUT2D eigenvalue weighted by molar-refractivity contribution is 0.364. The number of rotatable bonds is 4. The van der Waals surface area contributed by atoms with E-state index in [1.807, 2.05) is 18.2 Å². The Morgan fingerprint density at radius 3 is 3.11 bits per heavy atom. The van der Waals surface area contributed by atoms with Crippen molar-refractivity contribution < 1.29 is 0 Å². The molecule has 0 amide bonds. The third-order valence-corrected chi connectivity index (χ3v) is 4.05. The van der Waals surface area contributed by atoms with Gasteiger partial charge in [0.15, 0.2) is 0 Å². The van der Waals surface area contributed by atoms with Gasteiger partial charge in [0.1, 0.15) is 6.07 Å². The van der Waals surface area contributed by atoms with E-state index in [9.17, 15) is 0 Å². The molecule has 1 heterocycles. The van der Waals surface area contributed by atoms with E-state index < -0.39 is 0 Å². The predicted octanol–water partition coefficient (Wildman–Crippen LogP) is 3.12. The van der Waals surface area contributed by atoms with E-state index in [0.717, 1.165) is 42.1 Å². The summed E-state index contributed by atoms with van der Waals surface area (Å²) in [6.07, 6.45) is 3.76. The molecule has 0 spiro atoms. The lowest BCUT2D eigenvalue weighted by Crippen LogP contribution is -2.30. The molecule has 1 aliphatic heterocycles. The molecular weight excluding hydrogens is 290 g/mol. The molecule has 1 fully saturated rings. The summed E-state index contributed by atoms with van der Waals surface area (Å²) in [6, 6.07) is 8.04. The van der Waals surface area contributed by atoms with Crippen molar-refractivity contribution in [1.29, 1.82) is 5.26 Å². The van der Waals surface area contributed by atoms with Crippen molar-refractivity contribution in [2.24, 2.45) is 5.92 Å². The fraction of sp³-hybridized carbons (Fsp3) is 0.500. The zero-order valence-electron chi connectivity index (χ0n) is 10.4. The standard InChI is InChI=1S/C14H18BrN3/c15-13-4-1-5-14(12(13)9-16)18-8-6-11-3-2-7-17-10-11/h1,4-5,11,17-18H,2-3,6-8,10H2. The Bertz CT molecular complexity index is 433. The van der Waals surface area contributed by atoms with E-state index in [0.29, 0.717) is 5.56 Å². The molecule has 1 unspecified atom stereocenters. The first-order valence-corrected chi connectivity index (χ1v) is 7.24. The molecule has 1 saturated heterocycles. The van der Waals surface area contributed by atoms with Gasteiger partial charge in [-0.25, -0.2) is 0 Å². The number of nitrogens with one attached hydrogen (secondary N) is 2. The SMILES string of the molecule is N#Cc1c(Br)cccc1NCCC1CCCNC1. The van der Waals surface area contributed by atoms with Crippen LogP contribution in [0.2, 0.25) is 0 Å². The highest BCUT2D eigenvalue weighted by molar-refractivity contribution is 9.10. The second-order valence-corrected chi connectivity index (χ2v) is 5.56. The maximum atomic E-state index is 9.12. The number of halogens is 1. The van der Waals surface area contributed by atoms with Crippen LogP contribution >= 0.6 is 15.9 Å². The Hall–Kier alpha value is -1.05. The van der Waals surface area contributed by atoms with Crippen LogP contribution in [0.15, 0.2) is 22.7 Å². The Morgan fingerprint density at radius 1 is 1.50 bits per heavy atom. The van der Waals surface area contributed by atoms with Gasteiger partial charge < -0.3 is 10.6 Å². The molecule has 1 atom stereocenters. The van der Waals surface area contributed by atoms with Gasteiger partial charge in [-0.15, -0.1) is 0 Å². The second-order valence-electron chi connectivity index (χ2n) is 4.70. The van der Waals surface area contributed by atoms with Crippen LogP contribution < -0.4 is 10.6 Å². The van der Waals surface area contributed by atoms with Crippen LogP contribution in [0.4, 0.5) is 5.69 Å². The summed E-state index contributed by atoms with van der Waals surface area (Å²) in [5.41, 5.74) is 1.62. The van der Waals surface area contributed by atoms with Crippen molar-refractivity contribution in [3.05, 3.63) is 28.2 Å². The van der Waals surface area contributed by atoms with Gasteiger partial charge >= 0.3 is 0 Å². The Labute approximate surface area is 117 Å². The molecule has 1 aliphatic rings. The second kappa shape index (κ2) is 6.77. The summed E-state index contributed by atoms with van der Waals surface area (Å²) < 4.78 is 0.856. The van der Waals surface area contributed by atoms with Crippen LogP contribution in [0.1, 0.15) is 24.8 Å². The number of anilines is 1. The van der Waals surface area contributed by atoms with E-state index in [-0.39, 0.29) is 0 Å². The maximum absolute atomic E-state index is 9.12. The van der Waals surface area contributed by atoms with Gasteiger partial charge in [-0.2, -0.15) is 5.26 Å². The molecule has 0 saturated carbocycles. The van der Waals surface area contributed by atoms with Crippen LogP contribution in [0.3, 0.4) is 0 Å².